The van der Waals surface area contributed by atoms with Crippen LogP contribution in [0.3, 0.4) is 0 Å². The number of Topliss-reactive ketones (excluding diaryl/α,β-unsaturated/α-hetero) is 1. The summed E-state index contributed by atoms with van der Waals surface area (Å²) in [5.74, 6) is 0.216. The fourth-order valence-electron chi connectivity index (χ4n) is 6.24. The van der Waals surface area contributed by atoms with Crippen LogP contribution in [0.15, 0.2) is 65.8 Å². The molecule has 188 valence electrons. The molecule has 1 saturated carbocycles. The Morgan fingerprint density at radius 1 is 1.14 bits per heavy atom. The smallest absolute Gasteiger partial charge is 0.231 e. The van der Waals surface area contributed by atoms with Crippen molar-refractivity contribution in [3.05, 3.63) is 94.3 Å². The molecule has 6 heteroatoms. The molecule has 1 aromatic heterocycles. The summed E-state index contributed by atoms with van der Waals surface area (Å²) in [6.07, 6.45) is 5.50. The zero-order valence-electron chi connectivity index (χ0n) is 21.1. The van der Waals surface area contributed by atoms with Crippen LogP contribution in [0.5, 0.6) is 0 Å². The number of aromatic nitrogens is 1. The van der Waals surface area contributed by atoms with E-state index in [1.54, 1.807) is 11.1 Å². The first-order chi connectivity index (χ1) is 17.9. The maximum Gasteiger partial charge on any atom is 0.231 e. The Labute approximate surface area is 217 Å². The number of pyridine rings is 1. The quantitative estimate of drug-likeness (QED) is 0.499. The van der Waals surface area contributed by atoms with Crippen LogP contribution in [0.1, 0.15) is 70.4 Å². The van der Waals surface area contributed by atoms with Gasteiger partial charge in [-0.05, 0) is 67.5 Å². The van der Waals surface area contributed by atoms with Gasteiger partial charge in [-0.2, -0.15) is 0 Å². The summed E-state index contributed by atoms with van der Waals surface area (Å²) in [7, 11) is 0. The van der Waals surface area contributed by atoms with E-state index in [1.165, 1.54) is 0 Å². The van der Waals surface area contributed by atoms with Gasteiger partial charge in [-0.3, -0.25) is 19.6 Å². The first kappa shape index (κ1) is 23.7. The molecule has 3 aliphatic rings. The topological polar surface area (TPSA) is 82.9 Å². The molecule has 0 saturated heterocycles. The molecule has 6 rings (SSSR count). The lowest BCUT2D eigenvalue weighted by molar-refractivity contribution is -0.118. The van der Waals surface area contributed by atoms with Crippen LogP contribution < -0.4 is 4.90 Å². The van der Waals surface area contributed by atoms with Crippen molar-refractivity contribution in [3.63, 3.8) is 0 Å². The van der Waals surface area contributed by atoms with Crippen molar-refractivity contribution in [1.29, 1.82) is 0 Å². The minimum Gasteiger partial charge on any atom is -0.388 e. The number of carbonyl (C=O) groups excluding carboxylic acids is 2. The molecule has 6 nitrogen and oxygen atoms in total. The summed E-state index contributed by atoms with van der Waals surface area (Å²) < 4.78 is 0. The van der Waals surface area contributed by atoms with Gasteiger partial charge in [0.2, 0.25) is 5.91 Å². The third kappa shape index (κ3) is 4.62. The van der Waals surface area contributed by atoms with Crippen molar-refractivity contribution in [2.24, 2.45) is 10.9 Å². The highest BCUT2D eigenvalue weighted by atomic mass is 16.3. The zero-order chi connectivity index (χ0) is 25.6. The van der Waals surface area contributed by atoms with Crippen LogP contribution in [0.4, 0.5) is 5.69 Å². The van der Waals surface area contributed by atoms with Gasteiger partial charge in [-0.1, -0.05) is 36.8 Å². The lowest BCUT2D eigenvalue weighted by atomic mass is 9.75. The average Bonchev–Trinajstić information content (AvgIpc) is 3.44. The summed E-state index contributed by atoms with van der Waals surface area (Å²) in [5, 5.41) is 11.5. The largest absolute Gasteiger partial charge is 0.388 e. The SMILES string of the molecule is Cc1cc(C2=NCc3ccc(C(=O)C[C@@H]4CCC[C@@](O)(CN5C(=O)Cc6ccccc65)C4)cc32)ccn1. The molecule has 2 aromatic carbocycles. The Kier molecular flexibility index (Phi) is 6.00. The van der Waals surface area contributed by atoms with Gasteiger partial charge in [0, 0.05) is 40.7 Å². The number of benzene rings is 2. The van der Waals surface area contributed by atoms with Crippen molar-refractivity contribution in [2.75, 3.05) is 11.4 Å². The monoisotopic (exact) mass is 493 g/mol. The van der Waals surface area contributed by atoms with Crippen molar-refractivity contribution in [2.45, 2.75) is 57.6 Å². The molecule has 0 bridgehead atoms. The van der Waals surface area contributed by atoms with Crippen molar-refractivity contribution < 1.29 is 14.7 Å². The van der Waals surface area contributed by atoms with Gasteiger partial charge < -0.3 is 10.0 Å². The van der Waals surface area contributed by atoms with Crippen LogP contribution in [0.2, 0.25) is 0 Å². The highest BCUT2D eigenvalue weighted by molar-refractivity contribution is 6.16. The number of amides is 1. The molecule has 1 N–H and O–H groups in total. The molecule has 2 atom stereocenters. The third-order valence-electron chi connectivity index (χ3n) is 8.04. The van der Waals surface area contributed by atoms with E-state index >= 15 is 0 Å². The van der Waals surface area contributed by atoms with Crippen LogP contribution in [-0.2, 0) is 17.8 Å². The lowest BCUT2D eigenvalue weighted by Gasteiger charge is -2.39. The Morgan fingerprint density at radius 2 is 2.00 bits per heavy atom. The molecule has 3 heterocycles. The van der Waals surface area contributed by atoms with Crippen LogP contribution in [-0.4, -0.2) is 39.6 Å². The molecule has 0 spiro atoms. The maximum absolute atomic E-state index is 13.4. The predicted molar refractivity (Wildman–Crippen MR) is 143 cm³/mol. The number of ketones is 1. The van der Waals surface area contributed by atoms with Crippen LogP contribution >= 0.6 is 0 Å². The minimum atomic E-state index is -0.979. The molecule has 1 fully saturated rings. The van der Waals surface area contributed by atoms with E-state index in [1.807, 2.05) is 61.5 Å². The second kappa shape index (κ2) is 9.34. The summed E-state index contributed by atoms with van der Waals surface area (Å²) in [5.41, 5.74) is 6.64. The normalized spacial score (nSPS) is 22.5. The second-order valence-corrected chi connectivity index (χ2v) is 10.8. The fourth-order valence-corrected chi connectivity index (χ4v) is 6.24. The van der Waals surface area contributed by atoms with Crippen molar-refractivity contribution in [3.8, 4) is 0 Å². The molecule has 37 heavy (non-hydrogen) atoms. The average molecular weight is 494 g/mol. The number of fused-ring (bicyclic) bond motifs is 2. The fraction of sp³-hybridized carbons (Fsp3) is 0.355. The van der Waals surface area contributed by atoms with E-state index in [9.17, 15) is 14.7 Å². The summed E-state index contributed by atoms with van der Waals surface area (Å²) >= 11 is 0. The lowest BCUT2D eigenvalue weighted by Crippen LogP contribution is -2.47. The number of aliphatic imine (C=N–C) groups is 1. The van der Waals surface area contributed by atoms with Gasteiger partial charge in [-0.15, -0.1) is 0 Å². The number of β-amino-alcohol motifs (C(OH)–C–C–N with tert-alkyl or cyclic N) is 1. The van der Waals surface area contributed by atoms with Crippen molar-refractivity contribution >= 4 is 23.1 Å². The van der Waals surface area contributed by atoms with E-state index in [-0.39, 0.29) is 24.2 Å². The van der Waals surface area contributed by atoms with Crippen LogP contribution in [0, 0.1) is 12.8 Å². The first-order valence-electron chi connectivity index (χ1n) is 13.1. The Bertz CT molecular complexity index is 1430. The number of hydrogen-bond donors (Lipinski definition) is 1. The summed E-state index contributed by atoms with van der Waals surface area (Å²) in [6.45, 7) is 2.87. The summed E-state index contributed by atoms with van der Waals surface area (Å²) in [4.78, 5) is 36.8. The Hall–Kier alpha value is -3.64. The number of para-hydroxylation sites is 1. The van der Waals surface area contributed by atoms with Crippen LogP contribution in [0.25, 0.3) is 0 Å². The van der Waals surface area contributed by atoms with Gasteiger partial charge in [0.1, 0.15) is 0 Å². The van der Waals surface area contributed by atoms with Gasteiger partial charge in [-0.25, -0.2) is 0 Å². The molecule has 0 unspecified atom stereocenters. The molecule has 1 amide bonds. The number of aryl methyl sites for hydroxylation is 1. The number of aliphatic hydroxyl groups is 1. The number of rotatable bonds is 6. The number of anilines is 1. The third-order valence-corrected chi connectivity index (χ3v) is 8.04. The van der Waals surface area contributed by atoms with Crippen molar-refractivity contribution in [1.82, 2.24) is 4.98 Å². The number of carbonyl (C=O) groups is 2. The molecule has 2 aliphatic heterocycles. The Balaban J connectivity index is 1.16. The Morgan fingerprint density at radius 3 is 2.86 bits per heavy atom. The molecule has 0 radical (unpaired) electrons. The molecule has 1 aliphatic carbocycles. The highest BCUT2D eigenvalue weighted by Gasteiger charge is 2.40. The molecule has 3 aromatic rings. The van der Waals surface area contributed by atoms with Gasteiger partial charge in [0.25, 0.3) is 0 Å². The summed E-state index contributed by atoms with van der Waals surface area (Å²) in [6, 6.07) is 17.7. The number of nitrogens with zero attached hydrogens (tertiary/aromatic N) is 3. The number of hydrogen-bond acceptors (Lipinski definition) is 5. The predicted octanol–water partition coefficient (Wildman–Crippen LogP) is 4.82. The first-order valence-corrected chi connectivity index (χ1v) is 13.1. The second-order valence-electron chi connectivity index (χ2n) is 10.8. The van der Waals surface area contributed by atoms with E-state index in [0.29, 0.717) is 37.8 Å². The zero-order valence-corrected chi connectivity index (χ0v) is 21.1. The maximum atomic E-state index is 13.4. The van der Waals surface area contributed by atoms with Gasteiger partial charge >= 0.3 is 0 Å². The highest BCUT2D eigenvalue weighted by Crippen LogP contribution is 2.38. The molecular weight excluding hydrogens is 462 g/mol. The van der Waals surface area contributed by atoms with Gasteiger partial charge in [0.15, 0.2) is 5.78 Å². The van der Waals surface area contributed by atoms with E-state index < -0.39 is 5.60 Å². The molecular formula is C31H31N3O3. The standard InChI is InChI=1S/C31H31N3O3/c1-20-13-24(10-12-32-20)30-26-15-23(8-9-25(26)18-33-30)28(35)14-21-5-4-11-31(37,17-21)19-34-27-7-3-2-6-22(27)16-29(34)36/h2-3,6-10,12-13,15,21,37H,4-5,11,14,16-19H2,1H3/t21-,31-/m0/s1. The van der Waals surface area contributed by atoms with Gasteiger partial charge in [0.05, 0.1) is 30.8 Å². The minimum absolute atomic E-state index is 0.0350. The van der Waals surface area contributed by atoms with E-state index in [2.05, 4.69) is 4.98 Å². The van der Waals surface area contributed by atoms with E-state index in [0.717, 1.165) is 52.2 Å². The van der Waals surface area contributed by atoms with E-state index in [4.69, 9.17) is 4.99 Å².